The van der Waals surface area contributed by atoms with Crippen molar-refractivity contribution < 1.29 is 9.53 Å². The van der Waals surface area contributed by atoms with Crippen LogP contribution < -0.4 is 10.5 Å². The Bertz CT molecular complexity index is 1040. The molecule has 2 heterocycles. The van der Waals surface area contributed by atoms with Crippen LogP contribution in [0.25, 0.3) is 0 Å². The Morgan fingerprint density at radius 1 is 1.13 bits per heavy atom. The standard InChI is InChI=1S/C24H28N4O2/c1-17-22(15-26-27(17)3)24(2)13-4-14-28(24)16-18-5-9-20(10-6-18)30-21-11-7-19(8-12-21)23(25)29/h5-12,15H,4,13-14,16H2,1-3H3,(H2,25,29). The van der Waals surface area contributed by atoms with Crippen LogP contribution in [0.4, 0.5) is 0 Å². The van der Waals surface area contributed by atoms with E-state index < -0.39 is 5.91 Å². The number of carbonyl (C=O) groups is 1. The highest BCUT2D eigenvalue weighted by Gasteiger charge is 2.40. The summed E-state index contributed by atoms with van der Waals surface area (Å²) in [7, 11) is 2.00. The topological polar surface area (TPSA) is 73.4 Å². The summed E-state index contributed by atoms with van der Waals surface area (Å²) < 4.78 is 7.85. The normalized spacial score (nSPS) is 19.2. The highest BCUT2D eigenvalue weighted by Crippen LogP contribution is 2.40. The Morgan fingerprint density at radius 2 is 1.77 bits per heavy atom. The molecule has 6 heteroatoms. The minimum atomic E-state index is -0.443. The summed E-state index contributed by atoms with van der Waals surface area (Å²) in [6.07, 6.45) is 4.35. The number of hydrogen-bond donors (Lipinski definition) is 1. The Morgan fingerprint density at radius 3 is 2.33 bits per heavy atom. The number of aromatic nitrogens is 2. The number of nitrogens with zero attached hydrogens (tertiary/aromatic N) is 3. The van der Waals surface area contributed by atoms with Gasteiger partial charge in [0, 0.05) is 36.0 Å². The third kappa shape index (κ3) is 3.83. The zero-order valence-corrected chi connectivity index (χ0v) is 17.8. The van der Waals surface area contributed by atoms with E-state index in [0.29, 0.717) is 11.3 Å². The third-order valence-electron chi connectivity index (χ3n) is 6.28. The second kappa shape index (κ2) is 7.95. The molecule has 4 rings (SSSR count). The van der Waals surface area contributed by atoms with Gasteiger partial charge in [-0.2, -0.15) is 5.10 Å². The van der Waals surface area contributed by atoms with Crippen molar-refractivity contribution in [3.63, 3.8) is 0 Å². The molecule has 0 aliphatic carbocycles. The molecule has 2 aromatic carbocycles. The molecule has 1 atom stereocenters. The summed E-state index contributed by atoms with van der Waals surface area (Å²) in [5.74, 6) is 0.992. The lowest BCUT2D eigenvalue weighted by Gasteiger charge is -2.35. The number of aryl methyl sites for hydroxylation is 1. The van der Waals surface area contributed by atoms with Crippen molar-refractivity contribution in [3.8, 4) is 11.5 Å². The number of nitrogens with two attached hydrogens (primary N) is 1. The van der Waals surface area contributed by atoms with Gasteiger partial charge in [0.2, 0.25) is 5.91 Å². The number of carbonyl (C=O) groups excluding carboxylic acids is 1. The molecule has 30 heavy (non-hydrogen) atoms. The first kappa shape index (κ1) is 20.2. The van der Waals surface area contributed by atoms with Gasteiger partial charge >= 0.3 is 0 Å². The second-order valence-electron chi connectivity index (χ2n) is 8.20. The largest absolute Gasteiger partial charge is 0.457 e. The maximum Gasteiger partial charge on any atom is 0.248 e. The van der Waals surface area contributed by atoms with E-state index in [2.05, 4.69) is 36.0 Å². The predicted molar refractivity (Wildman–Crippen MR) is 116 cm³/mol. The monoisotopic (exact) mass is 404 g/mol. The van der Waals surface area contributed by atoms with Crippen molar-refractivity contribution in [1.82, 2.24) is 14.7 Å². The predicted octanol–water partition coefficient (Wildman–Crippen LogP) is 4.13. The van der Waals surface area contributed by atoms with E-state index in [0.717, 1.165) is 25.3 Å². The van der Waals surface area contributed by atoms with Gasteiger partial charge in [0.25, 0.3) is 0 Å². The maximum absolute atomic E-state index is 11.2. The van der Waals surface area contributed by atoms with Gasteiger partial charge in [0.05, 0.1) is 6.20 Å². The minimum Gasteiger partial charge on any atom is -0.457 e. The summed E-state index contributed by atoms with van der Waals surface area (Å²) in [6.45, 7) is 6.44. The van der Waals surface area contributed by atoms with Crippen LogP contribution in [0.2, 0.25) is 0 Å². The molecule has 1 unspecified atom stereocenters. The van der Waals surface area contributed by atoms with E-state index in [4.69, 9.17) is 10.5 Å². The lowest BCUT2D eigenvalue weighted by molar-refractivity contribution is 0.100. The van der Waals surface area contributed by atoms with E-state index in [-0.39, 0.29) is 5.54 Å². The molecule has 2 N–H and O–H groups in total. The van der Waals surface area contributed by atoms with Crippen molar-refractivity contribution in [2.24, 2.45) is 12.8 Å². The van der Waals surface area contributed by atoms with Crippen LogP contribution in [-0.2, 0) is 19.1 Å². The van der Waals surface area contributed by atoms with Crippen LogP contribution in [0.3, 0.4) is 0 Å². The number of hydrogen-bond acceptors (Lipinski definition) is 4. The highest BCUT2D eigenvalue weighted by molar-refractivity contribution is 5.92. The zero-order chi connectivity index (χ0) is 21.3. The fourth-order valence-corrected chi connectivity index (χ4v) is 4.31. The molecule has 1 aliphatic rings. The molecule has 0 saturated carbocycles. The zero-order valence-electron chi connectivity index (χ0n) is 17.8. The van der Waals surface area contributed by atoms with Gasteiger partial charge in [-0.1, -0.05) is 12.1 Å². The summed E-state index contributed by atoms with van der Waals surface area (Å²) in [4.78, 5) is 13.7. The van der Waals surface area contributed by atoms with Crippen LogP contribution in [0, 0.1) is 6.92 Å². The Labute approximate surface area is 177 Å². The van der Waals surface area contributed by atoms with Gasteiger partial charge in [0.15, 0.2) is 0 Å². The molecule has 6 nitrogen and oxygen atoms in total. The SMILES string of the molecule is Cc1c(C2(C)CCCN2Cc2ccc(Oc3ccc(C(N)=O)cc3)cc2)cnn1C. The smallest absolute Gasteiger partial charge is 0.248 e. The van der Waals surface area contributed by atoms with E-state index in [1.54, 1.807) is 24.3 Å². The van der Waals surface area contributed by atoms with Crippen molar-refractivity contribution in [3.05, 3.63) is 77.1 Å². The fraction of sp³-hybridized carbons (Fsp3) is 0.333. The molecular weight excluding hydrogens is 376 g/mol. The first-order valence-corrected chi connectivity index (χ1v) is 10.3. The van der Waals surface area contributed by atoms with E-state index in [9.17, 15) is 4.79 Å². The number of benzene rings is 2. The molecule has 1 saturated heterocycles. The van der Waals surface area contributed by atoms with Gasteiger partial charge in [0.1, 0.15) is 11.5 Å². The van der Waals surface area contributed by atoms with E-state index in [1.165, 1.54) is 23.2 Å². The molecule has 0 radical (unpaired) electrons. The van der Waals surface area contributed by atoms with Crippen molar-refractivity contribution in [1.29, 1.82) is 0 Å². The number of ether oxygens (including phenoxy) is 1. The molecule has 0 spiro atoms. The maximum atomic E-state index is 11.2. The van der Waals surface area contributed by atoms with Crippen molar-refractivity contribution in [2.75, 3.05) is 6.54 Å². The Balaban J connectivity index is 1.45. The molecule has 1 aliphatic heterocycles. The highest BCUT2D eigenvalue weighted by atomic mass is 16.5. The summed E-state index contributed by atoms with van der Waals surface area (Å²) >= 11 is 0. The van der Waals surface area contributed by atoms with Crippen molar-refractivity contribution >= 4 is 5.91 Å². The third-order valence-corrected chi connectivity index (χ3v) is 6.28. The van der Waals surface area contributed by atoms with Gasteiger partial charge in [-0.3, -0.25) is 14.4 Å². The van der Waals surface area contributed by atoms with Crippen LogP contribution in [0.5, 0.6) is 11.5 Å². The minimum absolute atomic E-state index is 0.00961. The average Bonchev–Trinajstić information content (AvgIpc) is 3.27. The average molecular weight is 405 g/mol. The molecule has 156 valence electrons. The molecule has 1 fully saturated rings. The Kier molecular flexibility index (Phi) is 5.35. The Hall–Kier alpha value is -3.12. The van der Waals surface area contributed by atoms with Crippen LogP contribution >= 0.6 is 0 Å². The first-order chi connectivity index (χ1) is 14.4. The summed E-state index contributed by atoms with van der Waals surface area (Å²) in [5.41, 5.74) is 9.56. The summed E-state index contributed by atoms with van der Waals surface area (Å²) in [6, 6.07) is 15.0. The van der Waals surface area contributed by atoms with Gasteiger partial charge in [-0.15, -0.1) is 0 Å². The summed E-state index contributed by atoms with van der Waals surface area (Å²) in [5, 5.41) is 4.46. The first-order valence-electron chi connectivity index (χ1n) is 10.3. The molecular formula is C24H28N4O2. The van der Waals surface area contributed by atoms with Gasteiger partial charge in [-0.25, -0.2) is 0 Å². The van der Waals surface area contributed by atoms with E-state index in [1.807, 2.05) is 30.1 Å². The number of likely N-dealkylation sites (tertiary alicyclic amines) is 1. The van der Waals surface area contributed by atoms with Gasteiger partial charge in [-0.05, 0) is 75.2 Å². The van der Waals surface area contributed by atoms with Crippen molar-refractivity contribution in [2.45, 2.75) is 38.8 Å². The van der Waals surface area contributed by atoms with Gasteiger partial charge < -0.3 is 10.5 Å². The molecule has 1 aromatic heterocycles. The second-order valence-corrected chi connectivity index (χ2v) is 8.20. The van der Waals surface area contributed by atoms with Crippen LogP contribution in [-0.4, -0.2) is 27.1 Å². The van der Waals surface area contributed by atoms with Crippen LogP contribution in [0.15, 0.2) is 54.7 Å². The van der Waals surface area contributed by atoms with Crippen LogP contribution in [0.1, 0.15) is 46.9 Å². The molecule has 1 amide bonds. The number of amides is 1. The quantitative estimate of drug-likeness (QED) is 0.670. The fourth-order valence-electron chi connectivity index (χ4n) is 4.31. The molecule has 0 bridgehead atoms. The number of primary amides is 1. The molecule has 3 aromatic rings. The van der Waals surface area contributed by atoms with E-state index >= 15 is 0 Å². The lowest BCUT2D eigenvalue weighted by Crippen LogP contribution is -2.38. The number of rotatable bonds is 6. The lowest BCUT2D eigenvalue weighted by atomic mass is 9.89.